The summed E-state index contributed by atoms with van der Waals surface area (Å²) in [6.07, 6.45) is 0. The average Bonchev–Trinajstić information content (AvgIpc) is 2.44. The van der Waals surface area contributed by atoms with Gasteiger partial charge < -0.3 is 10.1 Å². The number of benzene rings is 1. The molecule has 0 amide bonds. The van der Waals surface area contributed by atoms with E-state index in [4.69, 9.17) is 16.3 Å². The van der Waals surface area contributed by atoms with E-state index < -0.39 is 10.0 Å². The van der Waals surface area contributed by atoms with E-state index in [1.807, 2.05) is 13.8 Å². The van der Waals surface area contributed by atoms with Crippen molar-refractivity contribution in [2.75, 3.05) is 26.8 Å². The first-order valence-corrected chi connectivity index (χ1v) is 8.74. The smallest absolute Gasteiger partial charge is 0.240 e. The van der Waals surface area contributed by atoms with E-state index >= 15 is 0 Å². The second-order valence-corrected chi connectivity index (χ2v) is 7.12. The highest BCUT2D eigenvalue weighted by Crippen LogP contribution is 2.20. The van der Waals surface area contributed by atoms with Crippen molar-refractivity contribution >= 4 is 21.6 Å². The van der Waals surface area contributed by atoms with Crippen LogP contribution in [0, 0.1) is 5.92 Å². The highest BCUT2D eigenvalue weighted by atomic mass is 35.5. The maximum atomic E-state index is 12.2. The molecule has 7 heteroatoms. The van der Waals surface area contributed by atoms with Crippen LogP contribution in [-0.4, -0.2) is 35.2 Å². The van der Waals surface area contributed by atoms with Crippen LogP contribution in [0.15, 0.2) is 23.1 Å². The predicted molar refractivity (Wildman–Crippen MR) is 85.1 cm³/mol. The molecular weight excluding hydrogens is 312 g/mol. The number of nitrogens with one attached hydrogen (secondary N) is 2. The number of rotatable bonds is 9. The molecular formula is C14H23ClN2O3S. The van der Waals surface area contributed by atoms with Crippen LogP contribution >= 0.6 is 11.6 Å². The normalized spacial score (nSPS) is 13.3. The Balaban J connectivity index is 2.77. The quantitative estimate of drug-likeness (QED) is 0.725. The summed E-state index contributed by atoms with van der Waals surface area (Å²) >= 11 is 6.13. The molecule has 2 N–H and O–H groups in total. The van der Waals surface area contributed by atoms with Crippen molar-refractivity contribution in [1.82, 2.24) is 10.0 Å². The standard InChI is InChI=1S/C14H23ClN2O3S/c1-4-16-9-12-5-6-13(7-14(12)15)21(18,19)17-8-11(2)10-20-3/h5-7,11,16-17H,4,8-10H2,1-3H3. The van der Waals surface area contributed by atoms with Crippen LogP contribution in [-0.2, 0) is 21.3 Å². The van der Waals surface area contributed by atoms with Crippen molar-refractivity contribution in [3.63, 3.8) is 0 Å². The van der Waals surface area contributed by atoms with Crippen molar-refractivity contribution in [2.24, 2.45) is 5.92 Å². The van der Waals surface area contributed by atoms with Gasteiger partial charge in [0.05, 0.1) is 4.90 Å². The first kappa shape index (κ1) is 18.4. The second-order valence-electron chi connectivity index (χ2n) is 4.95. The van der Waals surface area contributed by atoms with Crippen LogP contribution in [0.3, 0.4) is 0 Å². The van der Waals surface area contributed by atoms with Crippen LogP contribution in [0.4, 0.5) is 0 Å². The zero-order valence-corrected chi connectivity index (χ0v) is 14.2. The Morgan fingerprint density at radius 3 is 2.67 bits per heavy atom. The summed E-state index contributed by atoms with van der Waals surface area (Å²) < 4.78 is 31.9. The van der Waals surface area contributed by atoms with Gasteiger partial charge in [0, 0.05) is 31.8 Å². The first-order valence-electron chi connectivity index (χ1n) is 6.88. The minimum Gasteiger partial charge on any atom is -0.384 e. The molecule has 0 saturated carbocycles. The van der Waals surface area contributed by atoms with Gasteiger partial charge in [-0.15, -0.1) is 0 Å². The molecule has 0 saturated heterocycles. The molecule has 1 aromatic rings. The van der Waals surface area contributed by atoms with Gasteiger partial charge in [-0.05, 0) is 30.2 Å². The van der Waals surface area contributed by atoms with Gasteiger partial charge in [0.25, 0.3) is 0 Å². The lowest BCUT2D eigenvalue weighted by molar-refractivity contribution is 0.161. The molecule has 1 atom stereocenters. The number of ether oxygens (including phenoxy) is 1. The number of methoxy groups -OCH3 is 1. The number of halogens is 1. The van der Waals surface area contributed by atoms with E-state index in [0.29, 0.717) is 24.7 Å². The van der Waals surface area contributed by atoms with E-state index in [9.17, 15) is 8.42 Å². The average molecular weight is 335 g/mol. The first-order chi connectivity index (χ1) is 9.90. The molecule has 1 aromatic carbocycles. The van der Waals surface area contributed by atoms with E-state index in [-0.39, 0.29) is 10.8 Å². The lowest BCUT2D eigenvalue weighted by atomic mass is 10.2. The molecule has 0 aliphatic heterocycles. The molecule has 21 heavy (non-hydrogen) atoms. The van der Waals surface area contributed by atoms with Crippen LogP contribution in [0.5, 0.6) is 0 Å². The zero-order valence-electron chi connectivity index (χ0n) is 12.6. The zero-order chi connectivity index (χ0) is 15.9. The van der Waals surface area contributed by atoms with Crippen molar-refractivity contribution in [2.45, 2.75) is 25.3 Å². The largest absolute Gasteiger partial charge is 0.384 e. The van der Waals surface area contributed by atoms with Crippen molar-refractivity contribution in [3.8, 4) is 0 Å². The molecule has 5 nitrogen and oxygen atoms in total. The molecule has 0 heterocycles. The summed E-state index contributed by atoms with van der Waals surface area (Å²) in [6, 6.07) is 4.79. The highest BCUT2D eigenvalue weighted by Gasteiger charge is 2.16. The Morgan fingerprint density at radius 2 is 2.10 bits per heavy atom. The van der Waals surface area contributed by atoms with Crippen LogP contribution < -0.4 is 10.0 Å². The van der Waals surface area contributed by atoms with Gasteiger partial charge in [0.2, 0.25) is 10.0 Å². The number of sulfonamides is 1. The number of hydrogen-bond donors (Lipinski definition) is 2. The van der Waals surface area contributed by atoms with Crippen molar-refractivity contribution < 1.29 is 13.2 Å². The van der Waals surface area contributed by atoms with Gasteiger partial charge in [-0.3, -0.25) is 0 Å². The van der Waals surface area contributed by atoms with Crippen LogP contribution in [0.2, 0.25) is 5.02 Å². The lowest BCUT2D eigenvalue weighted by Gasteiger charge is -2.13. The van der Waals surface area contributed by atoms with E-state index in [1.54, 1.807) is 19.2 Å². The highest BCUT2D eigenvalue weighted by molar-refractivity contribution is 7.89. The van der Waals surface area contributed by atoms with Crippen LogP contribution in [0.25, 0.3) is 0 Å². The summed E-state index contributed by atoms with van der Waals surface area (Å²) in [5.74, 6) is 0.105. The third-order valence-electron chi connectivity index (χ3n) is 2.97. The fourth-order valence-corrected chi connectivity index (χ4v) is 3.28. The molecule has 0 aliphatic rings. The Hall–Kier alpha value is -0.660. The van der Waals surface area contributed by atoms with E-state index in [0.717, 1.165) is 12.1 Å². The number of hydrogen-bond acceptors (Lipinski definition) is 4. The molecule has 0 aliphatic carbocycles. The van der Waals surface area contributed by atoms with Gasteiger partial charge in [-0.1, -0.05) is 31.5 Å². The van der Waals surface area contributed by atoms with E-state index in [1.165, 1.54) is 6.07 Å². The molecule has 1 unspecified atom stereocenters. The SMILES string of the molecule is CCNCc1ccc(S(=O)(=O)NCC(C)COC)cc1Cl. The van der Waals surface area contributed by atoms with E-state index in [2.05, 4.69) is 10.0 Å². The monoisotopic (exact) mass is 334 g/mol. The van der Waals surface area contributed by atoms with Gasteiger partial charge in [-0.25, -0.2) is 13.1 Å². The van der Waals surface area contributed by atoms with Crippen molar-refractivity contribution in [3.05, 3.63) is 28.8 Å². The fraction of sp³-hybridized carbons (Fsp3) is 0.571. The Bertz CT molecular complexity index is 549. The topological polar surface area (TPSA) is 67.4 Å². The van der Waals surface area contributed by atoms with Gasteiger partial charge in [0.1, 0.15) is 0 Å². The van der Waals surface area contributed by atoms with Gasteiger partial charge in [-0.2, -0.15) is 0 Å². The Kier molecular flexibility index (Phi) is 7.62. The Labute approximate surface area is 132 Å². The minimum atomic E-state index is -3.54. The molecule has 0 spiro atoms. The molecule has 120 valence electrons. The molecule has 0 aromatic heterocycles. The Morgan fingerprint density at radius 1 is 1.38 bits per heavy atom. The maximum Gasteiger partial charge on any atom is 0.240 e. The lowest BCUT2D eigenvalue weighted by Crippen LogP contribution is -2.30. The summed E-state index contributed by atoms with van der Waals surface area (Å²) in [5, 5.41) is 3.60. The van der Waals surface area contributed by atoms with Crippen molar-refractivity contribution in [1.29, 1.82) is 0 Å². The van der Waals surface area contributed by atoms with Gasteiger partial charge in [0.15, 0.2) is 0 Å². The third-order valence-corrected chi connectivity index (χ3v) is 4.75. The molecule has 0 bridgehead atoms. The predicted octanol–water partition coefficient (Wildman–Crippen LogP) is 2.01. The van der Waals surface area contributed by atoms with Crippen LogP contribution in [0.1, 0.15) is 19.4 Å². The third kappa shape index (κ3) is 5.92. The van der Waals surface area contributed by atoms with Gasteiger partial charge >= 0.3 is 0 Å². The minimum absolute atomic E-state index is 0.105. The fourth-order valence-electron chi connectivity index (χ4n) is 1.78. The summed E-state index contributed by atoms with van der Waals surface area (Å²) in [7, 11) is -1.95. The summed E-state index contributed by atoms with van der Waals surface area (Å²) in [4.78, 5) is 0.178. The summed E-state index contributed by atoms with van der Waals surface area (Å²) in [6.45, 7) is 6.19. The maximum absolute atomic E-state index is 12.2. The molecule has 0 fully saturated rings. The molecule has 1 rings (SSSR count). The summed E-state index contributed by atoms with van der Waals surface area (Å²) in [5.41, 5.74) is 0.880. The molecule has 0 radical (unpaired) electrons. The second kappa shape index (κ2) is 8.70.